The number of para-hydroxylation sites is 4. The van der Waals surface area contributed by atoms with Crippen LogP contribution < -0.4 is 0 Å². The fourth-order valence-corrected chi connectivity index (χ4v) is 7.04. The molecule has 0 amide bonds. The average Bonchev–Trinajstić information content (AvgIpc) is 3.76. The van der Waals surface area contributed by atoms with E-state index in [4.69, 9.17) is 4.42 Å². The van der Waals surface area contributed by atoms with Crippen molar-refractivity contribution < 1.29 is 4.42 Å². The minimum absolute atomic E-state index is 0.609. The maximum Gasteiger partial charge on any atom is 0.237 e. The van der Waals surface area contributed by atoms with Gasteiger partial charge >= 0.3 is 0 Å². The lowest BCUT2D eigenvalue weighted by Crippen LogP contribution is -2.00. The Morgan fingerprint density at radius 2 is 1.00 bits per heavy atom. The third-order valence-electron chi connectivity index (χ3n) is 8.98. The van der Waals surface area contributed by atoms with Crippen LogP contribution in [0.3, 0.4) is 0 Å². The van der Waals surface area contributed by atoms with E-state index in [1.54, 1.807) is 0 Å². The number of nitrogens with zero attached hydrogens (tertiary/aromatic N) is 5. The molecule has 0 aliphatic rings. The molecule has 0 radical (unpaired) electrons. The highest BCUT2D eigenvalue weighted by Crippen LogP contribution is 2.40. The van der Waals surface area contributed by atoms with Crippen molar-refractivity contribution in [2.45, 2.75) is 0 Å². The summed E-state index contributed by atoms with van der Waals surface area (Å²) >= 11 is 0. The molecule has 0 aliphatic heterocycles. The van der Waals surface area contributed by atoms with E-state index in [1.165, 1.54) is 23.4 Å². The van der Waals surface area contributed by atoms with Gasteiger partial charge in [0.2, 0.25) is 5.95 Å². The van der Waals surface area contributed by atoms with Crippen LogP contribution in [0.5, 0.6) is 0 Å². The minimum Gasteiger partial charge on any atom is -0.454 e. The summed E-state index contributed by atoms with van der Waals surface area (Å²) in [6.07, 6.45) is 3.08. The Bertz CT molecular complexity index is 2770. The first kappa shape index (κ1) is 24.2. The molecule has 0 fully saturated rings. The normalized spacial score (nSPS) is 12.0. The SMILES string of the molecule is c1ccc2c(c1)oc1c(-n3c4ccccc4c4cc(-c5ccc6c(c5)c5ccccc5n6-c5ncncn5)ccc43)cccc12. The van der Waals surface area contributed by atoms with Crippen molar-refractivity contribution >= 4 is 65.6 Å². The predicted octanol–water partition coefficient (Wildman–Crippen LogP) is 9.63. The van der Waals surface area contributed by atoms with Crippen LogP contribution in [-0.2, 0) is 0 Å². The maximum atomic E-state index is 6.47. The van der Waals surface area contributed by atoms with E-state index >= 15 is 0 Å². The summed E-state index contributed by atoms with van der Waals surface area (Å²) in [5.41, 5.74) is 9.55. The molecule has 6 nitrogen and oxygen atoms in total. The van der Waals surface area contributed by atoms with Crippen LogP contribution in [0.25, 0.3) is 88.3 Å². The average molecular weight is 578 g/mol. The fraction of sp³-hybridized carbons (Fsp3) is 0. The van der Waals surface area contributed by atoms with Crippen LogP contribution in [-0.4, -0.2) is 24.1 Å². The topological polar surface area (TPSA) is 61.7 Å². The lowest BCUT2D eigenvalue weighted by atomic mass is 10.0. The van der Waals surface area contributed by atoms with Crippen LogP contribution in [0.1, 0.15) is 0 Å². The molecule has 6 heteroatoms. The lowest BCUT2D eigenvalue weighted by molar-refractivity contribution is 0.666. The number of fused-ring (bicyclic) bond motifs is 9. The summed E-state index contributed by atoms with van der Waals surface area (Å²) in [6, 6.07) is 45.1. The van der Waals surface area contributed by atoms with Crippen molar-refractivity contribution in [3.05, 3.63) is 140 Å². The Morgan fingerprint density at radius 3 is 1.71 bits per heavy atom. The van der Waals surface area contributed by atoms with E-state index < -0.39 is 0 Å². The Labute approximate surface area is 256 Å². The van der Waals surface area contributed by atoms with Crippen LogP contribution in [0.15, 0.2) is 144 Å². The highest BCUT2D eigenvalue weighted by molar-refractivity contribution is 6.14. The quantitative estimate of drug-likeness (QED) is 0.210. The van der Waals surface area contributed by atoms with E-state index in [0.717, 1.165) is 71.6 Å². The first-order chi connectivity index (χ1) is 22.3. The van der Waals surface area contributed by atoms with E-state index in [9.17, 15) is 0 Å². The molecule has 210 valence electrons. The highest BCUT2D eigenvalue weighted by Gasteiger charge is 2.19. The summed E-state index contributed by atoms with van der Waals surface area (Å²) in [7, 11) is 0. The second kappa shape index (κ2) is 9.11. The molecule has 6 aromatic carbocycles. The molecule has 0 aliphatic carbocycles. The molecule has 0 saturated heterocycles. The molecule has 45 heavy (non-hydrogen) atoms. The van der Waals surface area contributed by atoms with Crippen molar-refractivity contribution in [3.8, 4) is 22.8 Å². The van der Waals surface area contributed by atoms with Gasteiger partial charge in [-0.25, -0.2) is 15.0 Å². The van der Waals surface area contributed by atoms with Crippen molar-refractivity contribution in [3.63, 3.8) is 0 Å². The van der Waals surface area contributed by atoms with Crippen molar-refractivity contribution in [1.82, 2.24) is 24.1 Å². The van der Waals surface area contributed by atoms with Crippen LogP contribution in [0.2, 0.25) is 0 Å². The van der Waals surface area contributed by atoms with Gasteiger partial charge in [-0.1, -0.05) is 78.9 Å². The Kier molecular flexibility index (Phi) is 4.90. The monoisotopic (exact) mass is 577 g/mol. The summed E-state index contributed by atoms with van der Waals surface area (Å²) in [4.78, 5) is 12.9. The Morgan fingerprint density at radius 1 is 0.444 bits per heavy atom. The van der Waals surface area contributed by atoms with Gasteiger partial charge in [-0.05, 0) is 59.7 Å². The number of rotatable bonds is 3. The van der Waals surface area contributed by atoms with Gasteiger partial charge in [0, 0.05) is 32.3 Å². The van der Waals surface area contributed by atoms with Gasteiger partial charge in [0.1, 0.15) is 18.2 Å². The van der Waals surface area contributed by atoms with Gasteiger partial charge in [-0.15, -0.1) is 0 Å². The van der Waals surface area contributed by atoms with Crippen molar-refractivity contribution in [1.29, 1.82) is 0 Å². The van der Waals surface area contributed by atoms with Gasteiger partial charge in [-0.2, -0.15) is 0 Å². The zero-order valence-corrected chi connectivity index (χ0v) is 23.9. The number of aromatic nitrogens is 5. The largest absolute Gasteiger partial charge is 0.454 e. The minimum atomic E-state index is 0.609. The molecule has 0 N–H and O–H groups in total. The van der Waals surface area contributed by atoms with E-state index in [-0.39, 0.29) is 0 Å². The molecule has 0 bridgehead atoms. The van der Waals surface area contributed by atoms with Gasteiger partial charge in [0.15, 0.2) is 5.58 Å². The van der Waals surface area contributed by atoms with E-state index in [0.29, 0.717) is 5.95 Å². The van der Waals surface area contributed by atoms with Crippen molar-refractivity contribution in [2.75, 3.05) is 0 Å². The molecule has 0 atom stereocenters. The Balaban J connectivity index is 1.20. The molecule has 0 saturated carbocycles. The van der Waals surface area contributed by atoms with Crippen LogP contribution in [0, 0.1) is 0 Å². The van der Waals surface area contributed by atoms with Crippen molar-refractivity contribution in [2.24, 2.45) is 0 Å². The van der Waals surface area contributed by atoms with E-state index in [2.05, 4.69) is 139 Å². The summed E-state index contributed by atoms with van der Waals surface area (Å²) in [5, 5.41) is 6.97. The molecule has 0 spiro atoms. The fourth-order valence-electron chi connectivity index (χ4n) is 7.04. The molecular formula is C39H23N5O. The number of hydrogen-bond donors (Lipinski definition) is 0. The third kappa shape index (κ3) is 3.42. The van der Waals surface area contributed by atoms with Gasteiger partial charge in [0.05, 0.1) is 27.8 Å². The standard InChI is InChI=1S/C39H23N5O/c1-4-12-32-26(8-1)30-20-24(16-18-34(30)43(32)36-14-7-11-29-28-10-3-6-15-37(28)45-38(29)36)25-17-19-35-31(21-25)27-9-2-5-13-33(27)44(35)39-41-22-40-23-42-39/h1-23H. The van der Waals surface area contributed by atoms with Gasteiger partial charge in [-0.3, -0.25) is 4.57 Å². The molecule has 4 aromatic heterocycles. The molecule has 10 rings (SSSR count). The number of hydrogen-bond acceptors (Lipinski definition) is 4. The summed E-state index contributed by atoms with van der Waals surface area (Å²) in [5.74, 6) is 0.609. The summed E-state index contributed by atoms with van der Waals surface area (Å²) < 4.78 is 10.9. The molecule has 4 heterocycles. The summed E-state index contributed by atoms with van der Waals surface area (Å²) in [6.45, 7) is 0. The van der Waals surface area contributed by atoms with Gasteiger partial charge < -0.3 is 8.98 Å². The second-order valence-electron chi connectivity index (χ2n) is 11.4. The van der Waals surface area contributed by atoms with Crippen LogP contribution >= 0.6 is 0 Å². The van der Waals surface area contributed by atoms with Crippen LogP contribution in [0.4, 0.5) is 0 Å². The smallest absolute Gasteiger partial charge is 0.237 e. The van der Waals surface area contributed by atoms with E-state index in [1.807, 2.05) is 12.1 Å². The Hall–Kier alpha value is -6.27. The number of furan rings is 1. The highest BCUT2D eigenvalue weighted by atomic mass is 16.3. The first-order valence-electron chi connectivity index (χ1n) is 14.9. The first-order valence-corrected chi connectivity index (χ1v) is 14.9. The zero-order valence-electron chi connectivity index (χ0n) is 23.9. The number of benzene rings is 6. The zero-order chi connectivity index (χ0) is 29.5. The molecule has 10 aromatic rings. The third-order valence-corrected chi connectivity index (χ3v) is 8.98. The lowest BCUT2D eigenvalue weighted by Gasteiger charge is -2.09. The predicted molar refractivity (Wildman–Crippen MR) is 181 cm³/mol. The molecular weight excluding hydrogens is 554 g/mol. The van der Waals surface area contributed by atoms with Gasteiger partial charge in [0.25, 0.3) is 0 Å². The molecule has 0 unspecified atom stereocenters. The maximum absolute atomic E-state index is 6.47. The second-order valence-corrected chi connectivity index (χ2v) is 11.4.